The molecule has 0 aliphatic heterocycles. The van der Waals surface area contributed by atoms with Crippen LogP contribution >= 0.6 is 0 Å². The molecule has 140 valence electrons. The summed E-state index contributed by atoms with van der Waals surface area (Å²) in [5.74, 6) is -0.956. The van der Waals surface area contributed by atoms with Gasteiger partial charge in [0.15, 0.2) is 5.43 Å². The van der Waals surface area contributed by atoms with Gasteiger partial charge in [-0.25, -0.2) is 0 Å². The Bertz CT molecular complexity index is 928. The Morgan fingerprint density at radius 2 is 1.62 bits per heavy atom. The van der Waals surface area contributed by atoms with Crippen LogP contribution in [0, 0.1) is 0 Å². The number of carboxylic acids is 1. The summed E-state index contributed by atoms with van der Waals surface area (Å²) >= 11 is 0. The molecule has 1 N–H and O–H groups in total. The first-order chi connectivity index (χ1) is 12.6. The number of para-hydroxylation sites is 2. The summed E-state index contributed by atoms with van der Waals surface area (Å²) in [5, 5.41) is 10.3. The van der Waals surface area contributed by atoms with E-state index < -0.39 is 5.97 Å². The van der Waals surface area contributed by atoms with Crippen molar-refractivity contribution in [2.75, 3.05) is 7.11 Å². The van der Waals surface area contributed by atoms with Crippen LogP contribution in [0.1, 0.15) is 33.3 Å². The Kier molecular flexibility index (Phi) is 8.52. The highest BCUT2D eigenvalue weighted by Crippen LogP contribution is 2.23. The van der Waals surface area contributed by atoms with Crippen LogP contribution < -0.4 is 5.43 Å². The number of carboxylic acid groups (broad SMARTS) is 1. The number of carbonyl (C=O) groups is 1. The van der Waals surface area contributed by atoms with Crippen LogP contribution in [-0.4, -0.2) is 22.8 Å². The lowest BCUT2D eigenvalue weighted by Gasteiger charge is -2.16. The van der Waals surface area contributed by atoms with Gasteiger partial charge in [0, 0.05) is 23.4 Å². The molecule has 0 fully saturated rings. The van der Waals surface area contributed by atoms with Gasteiger partial charge in [0.25, 0.3) is 0 Å². The molecule has 0 radical (unpaired) electrons. The molecule has 1 aromatic heterocycles. The van der Waals surface area contributed by atoms with Crippen LogP contribution in [0.25, 0.3) is 21.8 Å². The van der Waals surface area contributed by atoms with Gasteiger partial charge >= 0.3 is 5.97 Å². The molecule has 0 bridgehead atoms. The summed E-state index contributed by atoms with van der Waals surface area (Å²) in [6.07, 6.45) is 0. The summed E-state index contributed by atoms with van der Waals surface area (Å²) in [4.78, 5) is 24.0. The summed E-state index contributed by atoms with van der Waals surface area (Å²) in [7, 11) is 1.57. The van der Waals surface area contributed by atoms with Gasteiger partial charge < -0.3 is 14.4 Å². The van der Waals surface area contributed by atoms with Gasteiger partial charge in [0.1, 0.15) is 6.54 Å². The summed E-state index contributed by atoms with van der Waals surface area (Å²) < 4.78 is 6.85. The van der Waals surface area contributed by atoms with E-state index in [0.717, 1.165) is 5.56 Å². The molecule has 3 aromatic rings. The molecule has 2 aromatic carbocycles. The van der Waals surface area contributed by atoms with E-state index in [1.54, 1.807) is 48.1 Å². The van der Waals surface area contributed by atoms with Crippen molar-refractivity contribution in [1.82, 2.24) is 4.57 Å². The first-order valence-electron chi connectivity index (χ1n) is 8.87. The number of ether oxygens (including phenoxy) is 1. The highest BCUT2D eigenvalue weighted by molar-refractivity contribution is 5.95. The van der Waals surface area contributed by atoms with Crippen molar-refractivity contribution < 1.29 is 14.6 Å². The molecule has 0 atom stereocenters. The van der Waals surface area contributed by atoms with E-state index in [4.69, 9.17) is 4.74 Å². The molecule has 1 heterocycles. The largest absolute Gasteiger partial charge is 0.480 e. The average Bonchev–Trinajstić information content (AvgIpc) is 2.68. The fourth-order valence-electron chi connectivity index (χ4n) is 2.83. The normalized spacial score (nSPS) is 9.88. The third-order valence-electron chi connectivity index (χ3n) is 3.67. The molecule has 0 saturated carbocycles. The van der Waals surface area contributed by atoms with Crippen LogP contribution in [-0.2, 0) is 22.7 Å². The molecule has 0 spiro atoms. The second-order valence-corrected chi connectivity index (χ2v) is 5.07. The van der Waals surface area contributed by atoms with E-state index in [1.165, 1.54) is 0 Å². The van der Waals surface area contributed by atoms with Crippen molar-refractivity contribution in [2.45, 2.75) is 40.8 Å². The van der Waals surface area contributed by atoms with Crippen molar-refractivity contribution in [3.63, 3.8) is 0 Å². The predicted molar refractivity (Wildman–Crippen MR) is 107 cm³/mol. The summed E-state index contributed by atoms with van der Waals surface area (Å²) in [6, 6.07) is 12.4. The van der Waals surface area contributed by atoms with E-state index in [2.05, 4.69) is 0 Å². The lowest BCUT2D eigenvalue weighted by Crippen LogP contribution is -2.17. The molecule has 0 aliphatic carbocycles. The second kappa shape index (κ2) is 10.4. The SMILES string of the molecule is CC.CC.COCc1cccc2c(=O)c3ccccc3n(CC(=O)O)c12. The van der Waals surface area contributed by atoms with Gasteiger partial charge in [-0.05, 0) is 18.2 Å². The molecule has 3 rings (SSSR count). The van der Waals surface area contributed by atoms with Crippen LogP contribution in [0.2, 0.25) is 0 Å². The van der Waals surface area contributed by atoms with Crippen LogP contribution in [0.3, 0.4) is 0 Å². The molecule has 5 heteroatoms. The first kappa shape index (κ1) is 21.4. The lowest BCUT2D eigenvalue weighted by molar-refractivity contribution is -0.137. The van der Waals surface area contributed by atoms with E-state index in [9.17, 15) is 14.7 Å². The van der Waals surface area contributed by atoms with E-state index >= 15 is 0 Å². The van der Waals surface area contributed by atoms with Crippen molar-refractivity contribution >= 4 is 27.8 Å². The molecule has 0 unspecified atom stereocenters. The number of nitrogens with zero attached hydrogens (tertiary/aromatic N) is 1. The van der Waals surface area contributed by atoms with Crippen molar-refractivity contribution in [3.05, 3.63) is 58.3 Å². The van der Waals surface area contributed by atoms with Gasteiger partial charge in [-0.15, -0.1) is 0 Å². The van der Waals surface area contributed by atoms with Crippen LogP contribution in [0.15, 0.2) is 47.3 Å². The molecule has 0 amide bonds. The zero-order valence-corrected chi connectivity index (χ0v) is 16.1. The van der Waals surface area contributed by atoms with Crippen molar-refractivity contribution in [3.8, 4) is 0 Å². The third-order valence-corrected chi connectivity index (χ3v) is 3.67. The van der Waals surface area contributed by atoms with Gasteiger partial charge in [-0.1, -0.05) is 52.0 Å². The Balaban J connectivity index is 0.000000791. The Hall–Kier alpha value is -2.66. The monoisotopic (exact) mass is 357 g/mol. The molecule has 0 saturated heterocycles. The van der Waals surface area contributed by atoms with E-state index in [1.807, 2.05) is 33.8 Å². The molecule has 26 heavy (non-hydrogen) atoms. The average molecular weight is 357 g/mol. The third kappa shape index (κ3) is 4.29. The summed E-state index contributed by atoms with van der Waals surface area (Å²) in [5.41, 5.74) is 1.94. The molecular weight excluding hydrogens is 330 g/mol. The second-order valence-electron chi connectivity index (χ2n) is 5.07. The maximum atomic E-state index is 12.7. The highest BCUT2D eigenvalue weighted by atomic mass is 16.5. The van der Waals surface area contributed by atoms with Gasteiger partial charge in [-0.2, -0.15) is 0 Å². The van der Waals surface area contributed by atoms with Crippen LogP contribution in [0.5, 0.6) is 0 Å². The van der Waals surface area contributed by atoms with Gasteiger partial charge in [0.2, 0.25) is 0 Å². The number of fused-ring (bicyclic) bond motifs is 2. The van der Waals surface area contributed by atoms with Crippen LogP contribution in [0.4, 0.5) is 0 Å². The Labute approximate surface area is 153 Å². The zero-order chi connectivity index (χ0) is 19.7. The van der Waals surface area contributed by atoms with Gasteiger partial charge in [-0.3, -0.25) is 9.59 Å². The first-order valence-corrected chi connectivity index (χ1v) is 8.87. The minimum atomic E-state index is -0.956. The van der Waals surface area contributed by atoms with E-state index in [0.29, 0.717) is 28.4 Å². The fourth-order valence-corrected chi connectivity index (χ4v) is 2.83. The number of pyridine rings is 1. The van der Waals surface area contributed by atoms with E-state index in [-0.39, 0.29) is 12.0 Å². The number of rotatable bonds is 4. The number of aromatic nitrogens is 1. The minimum absolute atomic E-state index is 0.0924. The zero-order valence-electron chi connectivity index (χ0n) is 16.1. The topological polar surface area (TPSA) is 68.5 Å². The molecule has 5 nitrogen and oxygen atoms in total. The number of methoxy groups -OCH3 is 1. The molecule has 0 aliphatic rings. The number of aliphatic carboxylic acids is 1. The fraction of sp³-hybridized carbons (Fsp3) is 0.333. The number of hydrogen-bond donors (Lipinski definition) is 1. The van der Waals surface area contributed by atoms with Gasteiger partial charge in [0.05, 0.1) is 17.6 Å². The number of hydrogen-bond acceptors (Lipinski definition) is 3. The maximum absolute atomic E-state index is 12.7. The maximum Gasteiger partial charge on any atom is 0.323 e. The predicted octanol–water partition coefficient (Wildman–Crippen LogP) is 4.44. The smallest absolute Gasteiger partial charge is 0.323 e. The van der Waals surface area contributed by atoms with Crippen molar-refractivity contribution in [2.24, 2.45) is 0 Å². The Morgan fingerprint density at radius 1 is 1.00 bits per heavy atom. The standard InChI is InChI=1S/C17H15NO4.2C2H6/c1-22-10-11-5-4-7-13-16(11)18(9-15(19)20)14-8-3-2-6-12(14)17(13)21;2*1-2/h2-8H,9-10H2,1H3,(H,19,20);2*1-2H3. The minimum Gasteiger partial charge on any atom is -0.480 e. The highest BCUT2D eigenvalue weighted by Gasteiger charge is 2.15. The quantitative estimate of drug-likeness (QED) is 0.701. The Morgan fingerprint density at radius 3 is 2.23 bits per heavy atom. The van der Waals surface area contributed by atoms with Crippen molar-refractivity contribution in [1.29, 1.82) is 0 Å². The summed E-state index contributed by atoms with van der Waals surface area (Å²) in [6.45, 7) is 8.10. The molecular formula is C21H27NO4. The number of benzene rings is 2. The lowest BCUT2D eigenvalue weighted by atomic mass is 10.1.